The summed E-state index contributed by atoms with van der Waals surface area (Å²) in [6, 6.07) is 5.91. The molecule has 3 N–H and O–H groups in total. The number of hydrogen-bond donors (Lipinski definition) is 2. The summed E-state index contributed by atoms with van der Waals surface area (Å²) >= 11 is 0. The first-order valence-corrected chi connectivity index (χ1v) is 12.0. The molecular formula is C25H25F6N5O3. The molecule has 1 aliphatic rings. The van der Waals surface area contributed by atoms with E-state index in [1.165, 1.54) is 0 Å². The van der Waals surface area contributed by atoms with Crippen molar-refractivity contribution in [2.45, 2.75) is 64.0 Å². The molecule has 1 amide bonds. The summed E-state index contributed by atoms with van der Waals surface area (Å²) in [5, 5.41) is 17.3. The van der Waals surface area contributed by atoms with Gasteiger partial charge in [-0.1, -0.05) is 35.7 Å². The van der Waals surface area contributed by atoms with Gasteiger partial charge in [0.2, 0.25) is 5.60 Å². The lowest BCUT2D eigenvalue weighted by atomic mass is 9.95. The van der Waals surface area contributed by atoms with Crippen LogP contribution in [0.2, 0.25) is 0 Å². The molecule has 3 aromatic rings. The molecule has 1 atom stereocenters. The fraction of sp³-hybridized carbons (Fsp3) is 0.440. The lowest BCUT2D eigenvalue weighted by Gasteiger charge is -2.28. The molecule has 0 unspecified atom stereocenters. The predicted molar refractivity (Wildman–Crippen MR) is 126 cm³/mol. The Labute approximate surface area is 218 Å². The maximum Gasteiger partial charge on any atom is 0.426 e. The molecule has 39 heavy (non-hydrogen) atoms. The molecule has 0 saturated heterocycles. The summed E-state index contributed by atoms with van der Waals surface area (Å²) < 4.78 is 88.7. The third-order valence-electron chi connectivity index (χ3n) is 6.42. The second-order valence-electron chi connectivity index (χ2n) is 9.62. The summed E-state index contributed by atoms with van der Waals surface area (Å²) in [5.41, 5.74) is 0.963. The summed E-state index contributed by atoms with van der Waals surface area (Å²) in [7, 11) is 0. The molecule has 0 spiro atoms. The number of alkyl halides is 6. The average Bonchev–Trinajstić information content (AvgIpc) is 3.30. The van der Waals surface area contributed by atoms with E-state index in [4.69, 9.17) is 10.2 Å². The Morgan fingerprint density at radius 2 is 1.67 bits per heavy atom. The largest absolute Gasteiger partial charge is 0.426 e. The lowest BCUT2D eigenvalue weighted by Crippen LogP contribution is -2.42. The van der Waals surface area contributed by atoms with E-state index in [0.29, 0.717) is 11.6 Å². The highest BCUT2D eigenvalue weighted by Crippen LogP contribution is 2.43. The SMILES string of the molecule is Cc1cc(C)cc(CN2CCCCC[C@](O)(C(F)(F)F)c3nnc(o3)-c3nc(c(C(F)(F)F)cc3N)C2=O)c1. The number of aryl methyl sites for hydroxylation is 2. The number of aromatic nitrogens is 3. The van der Waals surface area contributed by atoms with Crippen molar-refractivity contribution in [1.82, 2.24) is 20.1 Å². The van der Waals surface area contributed by atoms with Crippen LogP contribution in [0.3, 0.4) is 0 Å². The Morgan fingerprint density at radius 3 is 2.28 bits per heavy atom. The summed E-state index contributed by atoms with van der Waals surface area (Å²) in [4.78, 5) is 18.6. The topological polar surface area (TPSA) is 118 Å². The van der Waals surface area contributed by atoms with Gasteiger partial charge < -0.3 is 20.2 Å². The molecule has 14 heteroatoms. The molecule has 4 rings (SSSR count). The van der Waals surface area contributed by atoms with Crippen molar-refractivity contribution < 1.29 is 40.7 Å². The molecule has 210 valence electrons. The van der Waals surface area contributed by atoms with Crippen LogP contribution in [-0.2, 0) is 18.3 Å². The van der Waals surface area contributed by atoms with Crippen LogP contribution in [0.4, 0.5) is 32.0 Å². The number of pyridine rings is 1. The molecule has 2 aromatic heterocycles. The van der Waals surface area contributed by atoms with Crippen LogP contribution in [0.1, 0.15) is 64.3 Å². The van der Waals surface area contributed by atoms with Gasteiger partial charge in [-0.15, -0.1) is 10.2 Å². The molecule has 3 heterocycles. The third-order valence-corrected chi connectivity index (χ3v) is 6.42. The summed E-state index contributed by atoms with van der Waals surface area (Å²) in [5.74, 6) is -3.02. The zero-order valence-electron chi connectivity index (χ0n) is 20.9. The van der Waals surface area contributed by atoms with Crippen molar-refractivity contribution >= 4 is 11.6 Å². The molecule has 0 aliphatic carbocycles. The maximum atomic E-state index is 14.0. The first kappa shape index (κ1) is 28.3. The summed E-state index contributed by atoms with van der Waals surface area (Å²) in [6.45, 7) is 3.51. The molecule has 0 saturated carbocycles. The van der Waals surface area contributed by atoms with Gasteiger partial charge in [0.25, 0.3) is 17.7 Å². The molecule has 0 fully saturated rings. The monoisotopic (exact) mass is 557 g/mol. The number of nitrogen functional groups attached to an aromatic ring is 1. The quantitative estimate of drug-likeness (QED) is 0.410. The highest BCUT2D eigenvalue weighted by molar-refractivity contribution is 5.95. The number of hydrogen-bond acceptors (Lipinski definition) is 7. The van der Waals surface area contributed by atoms with Gasteiger partial charge in [-0.3, -0.25) is 4.79 Å². The van der Waals surface area contributed by atoms with Crippen LogP contribution in [0.25, 0.3) is 11.6 Å². The van der Waals surface area contributed by atoms with Crippen molar-refractivity contribution in [2.75, 3.05) is 12.3 Å². The van der Waals surface area contributed by atoms with Gasteiger partial charge >= 0.3 is 12.4 Å². The Balaban J connectivity index is 1.88. The van der Waals surface area contributed by atoms with Gasteiger partial charge in [-0.2, -0.15) is 26.3 Å². The van der Waals surface area contributed by atoms with Crippen molar-refractivity contribution in [3.05, 3.63) is 58.1 Å². The number of carbonyl (C=O) groups is 1. The Morgan fingerprint density at radius 1 is 1.00 bits per heavy atom. The fourth-order valence-corrected chi connectivity index (χ4v) is 4.58. The maximum absolute atomic E-state index is 14.0. The van der Waals surface area contributed by atoms with E-state index in [9.17, 15) is 36.2 Å². The van der Waals surface area contributed by atoms with Gasteiger partial charge in [0.1, 0.15) is 5.69 Å². The van der Waals surface area contributed by atoms with Crippen molar-refractivity contribution in [2.24, 2.45) is 0 Å². The zero-order chi connectivity index (χ0) is 28.8. The number of fused-ring (bicyclic) bond motifs is 5. The minimum absolute atomic E-state index is 0.0722. The number of benzene rings is 1. The minimum atomic E-state index is -5.19. The van der Waals surface area contributed by atoms with Crippen molar-refractivity contribution in [3.8, 4) is 11.6 Å². The minimum Gasteiger partial charge on any atom is -0.416 e. The number of nitrogens with zero attached hydrogens (tertiary/aromatic N) is 4. The van der Waals surface area contributed by atoms with E-state index in [0.717, 1.165) is 16.0 Å². The van der Waals surface area contributed by atoms with Crippen LogP contribution >= 0.6 is 0 Å². The number of amides is 1. The zero-order valence-corrected chi connectivity index (χ0v) is 20.9. The molecule has 4 bridgehead atoms. The third kappa shape index (κ3) is 5.70. The molecule has 1 aliphatic heterocycles. The predicted octanol–water partition coefficient (Wildman–Crippen LogP) is 5.32. The van der Waals surface area contributed by atoms with Crippen molar-refractivity contribution in [1.29, 1.82) is 0 Å². The number of aliphatic hydroxyl groups is 1. The van der Waals surface area contributed by atoms with Crippen molar-refractivity contribution in [3.63, 3.8) is 0 Å². The highest BCUT2D eigenvalue weighted by Gasteiger charge is 2.58. The molecular weight excluding hydrogens is 532 g/mol. The fourth-order valence-electron chi connectivity index (χ4n) is 4.58. The van der Waals surface area contributed by atoms with Crippen LogP contribution in [0.5, 0.6) is 0 Å². The van der Waals surface area contributed by atoms with Gasteiger partial charge in [0.05, 0.1) is 11.3 Å². The van der Waals surface area contributed by atoms with E-state index < -0.39 is 64.7 Å². The Kier molecular flexibility index (Phi) is 7.36. The van der Waals surface area contributed by atoms with Crippen LogP contribution in [0.15, 0.2) is 28.7 Å². The molecule has 0 radical (unpaired) electrons. The first-order valence-electron chi connectivity index (χ1n) is 12.0. The first-order chi connectivity index (χ1) is 18.1. The van der Waals surface area contributed by atoms with E-state index in [1.807, 2.05) is 19.9 Å². The normalized spacial score (nSPS) is 19.2. The van der Waals surface area contributed by atoms with Crippen LogP contribution < -0.4 is 5.73 Å². The van der Waals surface area contributed by atoms with Gasteiger partial charge in [0, 0.05) is 13.1 Å². The standard InChI is InChI=1S/C25H25F6N5O3/c1-13-8-14(2)10-15(9-13)12-36-7-5-3-4-6-23(38,25(29,30)31)22-35-34-20(39-22)19-17(32)11-16(24(26,27)28)18(33-19)21(36)37/h8-11,38H,3-7,12,32H2,1-2H3/t23-/m1/s1. The second kappa shape index (κ2) is 10.1. The van der Waals surface area contributed by atoms with E-state index >= 15 is 0 Å². The van der Waals surface area contributed by atoms with Crippen LogP contribution in [-0.4, -0.2) is 43.8 Å². The molecule has 1 aromatic carbocycles. The summed E-state index contributed by atoms with van der Waals surface area (Å²) in [6.07, 6.45) is -10.9. The van der Waals surface area contributed by atoms with Gasteiger partial charge in [0.15, 0.2) is 5.69 Å². The van der Waals surface area contributed by atoms with E-state index in [2.05, 4.69) is 15.2 Å². The number of carbonyl (C=O) groups excluding carboxylic acids is 1. The highest BCUT2D eigenvalue weighted by atomic mass is 19.4. The van der Waals surface area contributed by atoms with Crippen LogP contribution in [0, 0.1) is 13.8 Å². The smallest absolute Gasteiger partial charge is 0.416 e. The van der Waals surface area contributed by atoms with Gasteiger partial charge in [-0.05, 0) is 44.7 Å². The second-order valence-corrected chi connectivity index (χ2v) is 9.62. The number of nitrogens with two attached hydrogens (primary N) is 1. The molecule has 8 nitrogen and oxygen atoms in total. The number of anilines is 1. The Hall–Kier alpha value is -3.68. The number of rotatable bonds is 2. The van der Waals surface area contributed by atoms with E-state index in [-0.39, 0.29) is 32.4 Å². The lowest BCUT2D eigenvalue weighted by molar-refractivity contribution is -0.277. The average molecular weight is 557 g/mol. The van der Waals surface area contributed by atoms with E-state index in [1.54, 1.807) is 12.1 Å². The Bertz CT molecular complexity index is 1370. The number of halogens is 6. The van der Waals surface area contributed by atoms with Gasteiger partial charge in [-0.25, -0.2) is 4.98 Å².